The van der Waals surface area contributed by atoms with Gasteiger partial charge in [0, 0.05) is 6.26 Å². The molecule has 56 valence electrons. The number of benzene rings is 1. The van der Waals surface area contributed by atoms with E-state index in [9.17, 15) is 0 Å². The summed E-state index contributed by atoms with van der Waals surface area (Å²) >= 11 is 1.55. The molecule has 4 heteroatoms. The van der Waals surface area contributed by atoms with Crippen LogP contribution in [0.15, 0.2) is 24.3 Å². The molecule has 1 aromatic carbocycles. The van der Waals surface area contributed by atoms with Gasteiger partial charge in [0.2, 0.25) is 0 Å². The smallest absolute Gasteiger partial charge is 0.114 e. The summed E-state index contributed by atoms with van der Waals surface area (Å²) in [5.41, 5.74) is 2.02. The summed E-state index contributed by atoms with van der Waals surface area (Å²) < 4.78 is 1.80. The number of nitrogens with zero attached hydrogens (tertiary/aromatic N) is 3. The number of aromatic nitrogens is 3. The highest BCUT2D eigenvalue weighted by Gasteiger charge is 1.99. The van der Waals surface area contributed by atoms with Crippen LogP contribution in [0, 0.1) is 0 Å². The molecule has 0 radical (unpaired) electrons. The van der Waals surface area contributed by atoms with Gasteiger partial charge >= 0.3 is 0 Å². The first-order valence-electron chi connectivity index (χ1n) is 3.27. The van der Waals surface area contributed by atoms with Crippen molar-refractivity contribution in [1.29, 1.82) is 0 Å². The molecule has 0 bridgehead atoms. The van der Waals surface area contributed by atoms with Crippen molar-refractivity contribution in [3.05, 3.63) is 24.3 Å². The first kappa shape index (κ1) is 6.67. The van der Waals surface area contributed by atoms with Crippen molar-refractivity contribution in [2.45, 2.75) is 0 Å². The van der Waals surface area contributed by atoms with Gasteiger partial charge < -0.3 is 0 Å². The van der Waals surface area contributed by atoms with Crippen LogP contribution in [-0.4, -0.2) is 20.7 Å². The lowest BCUT2D eigenvalue weighted by Crippen LogP contribution is -1.85. The minimum atomic E-state index is 0.946. The summed E-state index contributed by atoms with van der Waals surface area (Å²) in [6.07, 6.45) is 1.97. The fourth-order valence-electron chi connectivity index (χ4n) is 0.982. The topological polar surface area (TPSA) is 30.7 Å². The van der Waals surface area contributed by atoms with Crippen LogP contribution in [0.4, 0.5) is 0 Å². The lowest BCUT2D eigenvalue weighted by atomic mass is 10.3. The van der Waals surface area contributed by atoms with Gasteiger partial charge in [0.15, 0.2) is 0 Å². The third-order valence-electron chi connectivity index (χ3n) is 1.49. The maximum Gasteiger partial charge on any atom is 0.114 e. The molecular weight excluding hydrogens is 158 g/mol. The molecule has 3 nitrogen and oxygen atoms in total. The minimum absolute atomic E-state index is 0.946. The lowest BCUT2D eigenvalue weighted by molar-refractivity contribution is 0.912. The molecular formula is C7H7N3S. The Morgan fingerprint density at radius 1 is 1.36 bits per heavy atom. The minimum Gasteiger partial charge on any atom is -0.186 e. The quantitative estimate of drug-likeness (QED) is 0.642. The van der Waals surface area contributed by atoms with Crippen LogP contribution in [0.3, 0.4) is 0 Å². The molecule has 0 spiro atoms. The van der Waals surface area contributed by atoms with E-state index in [0.29, 0.717) is 0 Å². The standard InChI is InChI=1S/C7H7N3S/c1-11-10-7-5-3-2-4-6(7)8-9-10/h2-5H,1H3. The highest BCUT2D eigenvalue weighted by atomic mass is 32.2. The van der Waals surface area contributed by atoms with Crippen molar-refractivity contribution in [2.75, 3.05) is 6.26 Å². The van der Waals surface area contributed by atoms with E-state index in [1.165, 1.54) is 0 Å². The van der Waals surface area contributed by atoms with Crippen molar-refractivity contribution in [3.8, 4) is 0 Å². The summed E-state index contributed by atoms with van der Waals surface area (Å²) in [5, 5.41) is 7.93. The van der Waals surface area contributed by atoms with Gasteiger partial charge in [0.25, 0.3) is 0 Å². The van der Waals surface area contributed by atoms with Crippen LogP contribution < -0.4 is 0 Å². The second kappa shape index (κ2) is 2.54. The molecule has 1 heterocycles. The fraction of sp³-hybridized carbons (Fsp3) is 0.143. The summed E-state index contributed by atoms with van der Waals surface area (Å²) in [4.78, 5) is 0. The van der Waals surface area contributed by atoms with Gasteiger partial charge in [0.05, 0.1) is 0 Å². The van der Waals surface area contributed by atoms with Crippen LogP contribution in [0.25, 0.3) is 11.0 Å². The van der Waals surface area contributed by atoms with Crippen LogP contribution >= 0.6 is 11.9 Å². The van der Waals surface area contributed by atoms with Crippen molar-refractivity contribution in [3.63, 3.8) is 0 Å². The molecule has 0 aliphatic carbocycles. The molecule has 0 saturated heterocycles. The predicted octanol–water partition coefficient (Wildman–Crippen LogP) is 1.56. The molecule has 11 heavy (non-hydrogen) atoms. The number of rotatable bonds is 1. The summed E-state index contributed by atoms with van der Waals surface area (Å²) in [7, 11) is 0. The largest absolute Gasteiger partial charge is 0.186 e. The van der Waals surface area contributed by atoms with Crippen molar-refractivity contribution >= 4 is 23.0 Å². The Labute approximate surface area is 68.5 Å². The zero-order valence-electron chi connectivity index (χ0n) is 6.06. The summed E-state index contributed by atoms with van der Waals surface area (Å²) in [6, 6.07) is 7.90. The molecule has 0 aliphatic heterocycles. The van der Waals surface area contributed by atoms with E-state index in [0.717, 1.165) is 11.0 Å². The van der Waals surface area contributed by atoms with E-state index in [1.807, 2.05) is 30.5 Å². The number of hydrogen-bond donors (Lipinski definition) is 0. The SMILES string of the molecule is CSn1nnc2ccccc21. The molecule has 2 aromatic rings. The highest BCUT2D eigenvalue weighted by molar-refractivity contribution is 7.97. The van der Waals surface area contributed by atoms with Gasteiger partial charge in [-0.3, -0.25) is 0 Å². The fourth-order valence-corrected chi connectivity index (χ4v) is 1.44. The van der Waals surface area contributed by atoms with Crippen LogP contribution in [-0.2, 0) is 0 Å². The Morgan fingerprint density at radius 2 is 2.18 bits per heavy atom. The van der Waals surface area contributed by atoms with E-state index >= 15 is 0 Å². The second-order valence-electron chi connectivity index (χ2n) is 2.13. The van der Waals surface area contributed by atoms with E-state index in [-0.39, 0.29) is 0 Å². The Morgan fingerprint density at radius 3 is 3.00 bits per heavy atom. The lowest BCUT2D eigenvalue weighted by Gasteiger charge is -1.91. The van der Waals surface area contributed by atoms with Gasteiger partial charge in [-0.2, -0.15) is 4.09 Å². The average molecular weight is 165 g/mol. The monoisotopic (exact) mass is 165 g/mol. The van der Waals surface area contributed by atoms with Gasteiger partial charge in [-0.15, -0.1) is 5.10 Å². The van der Waals surface area contributed by atoms with E-state index < -0.39 is 0 Å². The summed E-state index contributed by atoms with van der Waals surface area (Å²) in [5.74, 6) is 0. The van der Waals surface area contributed by atoms with Crippen LogP contribution in [0.2, 0.25) is 0 Å². The zero-order chi connectivity index (χ0) is 7.68. The maximum absolute atomic E-state index is 3.98. The molecule has 0 saturated carbocycles. The van der Waals surface area contributed by atoms with Crippen LogP contribution in [0.1, 0.15) is 0 Å². The molecule has 0 amide bonds. The summed E-state index contributed by atoms with van der Waals surface area (Å²) in [6.45, 7) is 0. The first-order valence-corrected chi connectivity index (χ1v) is 4.45. The second-order valence-corrected chi connectivity index (χ2v) is 2.84. The van der Waals surface area contributed by atoms with Crippen molar-refractivity contribution < 1.29 is 0 Å². The normalized spacial score (nSPS) is 10.6. The molecule has 0 unspecified atom stereocenters. The Bertz CT molecular complexity index is 368. The predicted molar refractivity (Wildman–Crippen MR) is 46.4 cm³/mol. The maximum atomic E-state index is 3.98. The van der Waals surface area contributed by atoms with Gasteiger partial charge in [0.1, 0.15) is 11.0 Å². The van der Waals surface area contributed by atoms with Crippen LogP contribution in [0.5, 0.6) is 0 Å². The molecule has 0 aliphatic rings. The molecule has 0 fully saturated rings. The first-order chi connectivity index (χ1) is 5.42. The Balaban J connectivity index is 2.76. The van der Waals surface area contributed by atoms with Gasteiger partial charge in [-0.1, -0.05) is 17.3 Å². The Kier molecular flexibility index (Phi) is 1.54. The number of fused-ring (bicyclic) bond motifs is 1. The molecule has 0 atom stereocenters. The average Bonchev–Trinajstić information content (AvgIpc) is 2.47. The molecule has 1 aromatic heterocycles. The highest BCUT2D eigenvalue weighted by Crippen LogP contribution is 2.12. The zero-order valence-corrected chi connectivity index (χ0v) is 6.88. The van der Waals surface area contributed by atoms with E-state index in [1.54, 1.807) is 16.0 Å². The number of hydrogen-bond acceptors (Lipinski definition) is 3. The van der Waals surface area contributed by atoms with E-state index in [4.69, 9.17) is 0 Å². The number of para-hydroxylation sites is 1. The van der Waals surface area contributed by atoms with Gasteiger partial charge in [-0.05, 0) is 24.1 Å². The van der Waals surface area contributed by atoms with E-state index in [2.05, 4.69) is 10.3 Å². The van der Waals surface area contributed by atoms with Gasteiger partial charge in [-0.25, -0.2) is 0 Å². The van der Waals surface area contributed by atoms with Crippen molar-refractivity contribution in [1.82, 2.24) is 14.4 Å². The Hall–Kier alpha value is -1.03. The molecule has 2 rings (SSSR count). The third-order valence-corrected chi connectivity index (χ3v) is 2.11. The van der Waals surface area contributed by atoms with Crippen molar-refractivity contribution in [2.24, 2.45) is 0 Å². The molecule has 0 N–H and O–H groups in total. The third kappa shape index (κ3) is 0.991.